The van der Waals surface area contributed by atoms with Crippen molar-refractivity contribution in [1.29, 1.82) is 0 Å². The van der Waals surface area contributed by atoms with Gasteiger partial charge in [-0.15, -0.1) is 0 Å². The van der Waals surface area contributed by atoms with Gasteiger partial charge in [0, 0.05) is 6.54 Å². The van der Waals surface area contributed by atoms with E-state index in [1.54, 1.807) is 15.5 Å². The Labute approximate surface area is 228 Å². The molecule has 6 heteroatoms. The van der Waals surface area contributed by atoms with Gasteiger partial charge in [0.2, 0.25) is 0 Å². The molecule has 0 aliphatic carbocycles. The van der Waals surface area contributed by atoms with Gasteiger partial charge in [-0.1, -0.05) is 78.4 Å². The van der Waals surface area contributed by atoms with Gasteiger partial charge in [0.15, 0.2) is 6.61 Å². The van der Waals surface area contributed by atoms with E-state index < -0.39 is 6.04 Å². The second kappa shape index (κ2) is 11.4. The smallest absolute Gasteiger partial charge is 0.266 e. The van der Waals surface area contributed by atoms with Crippen LogP contribution >= 0.6 is 0 Å². The Hall–Kier alpha value is -4.71. The Morgan fingerprint density at radius 3 is 2.28 bits per heavy atom. The first-order valence-electron chi connectivity index (χ1n) is 13.0. The normalized spacial score (nSPS) is 11.8. The summed E-state index contributed by atoms with van der Waals surface area (Å²) in [4.78, 5) is 34.4. The third kappa shape index (κ3) is 5.60. The number of ether oxygens (including phenoxy) is 1. The summed E-state index contributed by atoms with van der Waals surface area (Å²) in [6.45, 7) is 6.13. The van der Waals surface area contributed by atoms with Crippen molar-refractivity contribution in [1.82, 2.24) is 14.5 Å². The standard InChI is InChI=1S/C33H31N3O3/c1-23-18-19-30(24(2)20-23)36-32(34-29-17-11-10-16-28(29)33(36)38)25(3)35(21-26-12-6-4-7-13-26)31(37)22-39-27-14-8-5-9-15-27/h4-20,25H,21-22H2,1-3H3. The van der Waals surface area contributed by atoms with Crippen LogP contribution < -0.4 is 10.3 Å². The van der Waals surface area contributed by atoms with Crippen LogP contribution in [0.25, 0.3) is 16.6 Å². The molecule has 0 aliphatic rings. The van der Waals surface area contributed by atoms with Gasteiger partial charge in [0.05, 0.1) is 22.6 Å². The quantitative estimate of drug-likeness (QED) is 0.247. The molecule has 1 amide bonds. The minimum Gasteiger partial charge on any atom is -0.484 e. The number of hydrogen-bond donors (Lipinski definition) is 0. The first kappa shape index (κ1) is 25.9. The van der Waals surface area contributed by atoms with Crippen molar-refractivity contribution in [2.24, 2.45) is 0 Å². The van der Waals surface area contributed by atoms with Crippen molar-refractivity contribution in [2.75, 3.05) is 6.61 Å². The number of hydrogen-bond acceptors (Lipinski definition) is 4. The van der Waals surface area contributed by atoms with Gasteiger partial charge >= 0.3 is 0 Å². The Bertz CT molecular complexity index is 1660. The highest BCUT2D eigenvalue weighted by molar-refractivity contribution is 5.79. The molecule has 0 N–H and O–H groups in total. The van der Waals surface area contributed by atoms with Crippen LogP contribution in [-0.2, 0) is 11.3 Å². The predicted octanol–water partition coefficient (Wildman–Crippen LogP) is 6.17. The maximum atomic E-state index is 13.9. The van der Waals surface area contributed by atoms with E-state index in [-0.39, 0.29) is 18.1 Å². The lowest BCUT2D eigenvalue weighted by molar-refractivity contribution is -0.136. The lowest BCUT2D eigenvalue weighted by Crippen LogP contribution is -2.39. The average molecular weight is 518 g/mol. The first-order valence-corrected chi connectivity index (χ1v) is 13.0. The molecule has 4 aromatic carbocycles. The van der Waals surface area contributed by atoms with Crippen molar-refractivity contribution >= 4 is 16.8 Å². The van der Waals surface area contributed by atoms with E-state index in [9.17, 15) is 9.59 Å². The summed E-state index contributed by atoms with van der Waals surface area (Å²) in [6, 6.07) is 31.9. The van der Waals surface area contributed by atoms with Crippen LogP contribution in [0.4, 0.5) is 0 Å². The van der Waals surface area contributed by atoms with Crippen LogP contribution in [0.1, 0.15) is 35.5 Å². The maximum absolute atomic E-state index is 13.9. The van der Waals surface area contributed by atoms with Crippen LogP contribution in [0, 0.1) is 13.8 Å². The molecule has 0 bridgehead atoms. The fourth-order valence-electron chi connectivity index (χ4n) is 4.82. The summed E-state index contributed by atoms with van der Waals surface area (Å²) in [6.07, 6.45) is 0. The van der Waals surface area contributed by atoms with Crippen LogP contribution in [0.15, 0.2) is 108 Å². The highest BCUT2D eigenvalue weighted by Crippen LogP contribution is 2.26. The molecule has 0 spiro atoms. The van der Waals surface area contributed by atoms with Gasteiger partial charge in [-0.05, 0) is 62.2 Å². The largest absolute Gasteiger partial charge is 0.484 e. The van der Waals surface area contributed by atoms with Gasteiger partial charge in [0.25, 0.3) is 11.5 Å². The Morgan fingerprint density at radius 2 is 1.56 bits per heavy atom. The summed E-state index contributed by atoms with van der Waals surface area (Å²) in [5, 5.41) is 0.529. The minimum absolute atomic E-state index is 0.136. The van der Waals surface area contributed by atoms with Crippen LogP contribution in [0.3, 0.4) is 0 Å². The van der Waals surface area contributed by atoms with Gasteiger partial charge < -0.3 is 9.64 Å². The summed E-state index contributed by atoms with van der Waals surface area (Å²) in [5.74, 6) is 0.911. The summed E-state index contributed by atoms with van der Waals surface area (Å²) >= 11 is 0. The molecule has 0 fully saturated rings. The second-order valence-corrected chi connectivity index (χ2v) is 9.70. The van der Waals surface area contributed by atoms with Gasteiger partial charge in [-0.3, -0.25) is 14.2 Å². The number of carbonyl (C=O) groups excluding carboxylic acids is 1. The Kier molecular flexibility index (Phi) is 7.55. The molecule has 196 valence electrons. The molecule has 5 rings (SSSR count). The molecule has 5 aromatic rings. The number of fused-ring (bicyclic) bond motifs is 1. The number of benzene rings is 4. The lowest BCUT2D eigenvalue weighted by atomic mass is 10.1. The number of aryl methyl sites for hydroxylation is 2. The zero-order valence-corrected chi connectivity index (χ0v) is 22.4. The Balaban J connectivity index is 1.62. The number of nitrogens with zero attached hydrogens (tertiary/aromatic N) is 3. The zero-order valence-electron chi connectivity index (χ0n) is 22.4. The van der Waals surface area contributed by atoms with Crippen molar-refractivity contribution in [3.05, 3.63) is 136 Å². The van der Waals surface area contributed by atoms with Crippen molar-refractivity contribution < 1.29 is 9.53 Å². The maximum Gasteiger partial charge on any atom is 0.266 e. The number of aromatic nitrogens is 2. The summed E-state index contributed by atoms with van der Waals surface area (Å²) in [5.41, 5.74) is 4.21. The van der Waals surface area contributed by atoms with Crippen LogP contribution in [0.2, 0.25) is 0 Å². The molecule has 0 aliphatic heterocycles. The lowest BCUT2D eigenvalue weighted by Gasteiger charge is -2.31. The van der Waals surface area contributed by atoms with Crippen molar-refractivity contribution in [3.63, 3.8) is 0 Å². The van der Waals surface area contributed by atoms with Gasteiger partial charge in [-0.25, -0.2) is 4.98 Å². The molecule has 1 unspecified atom stereocenters. The van der Waals surface area contributed by atoms with Crippen LogP contribution in [-0.4, -0.2) is 27.0 Å². The number of para-hydroxylation sites is 2. The van der Waals surface area contributed by atoms with Gasteiger partial charge in [0.1, 0.15) is 11.6 Å². The van der Waals surface area contributed by atoms with E-state index >= 15 is 0 Å². The molecule has 39 heavy (non-hydrogen) atoms. The molecule has 0 radical (unpaired) electrons. The monoisotopic (exact) mass is 517 g/mol. The molecule has 1 atom stereocenters. The summed E-state index contributed by atoms with van der Waals surface area (Å²) in [7, 11) is 0. The molecular formula is C33H31N3O3. The minimum atomic E-state index is -0.532. The number of amides is 1. The zero-order chi connectivity index (χ0) is 27.4. The topological polar surface area (TPSA) is 64.4 Å². The molecule has 1 aromatic heterocycles. The first-order chi connectivity index (χ1) is 18.9. The third-order valence-electron chi connectivity index (χ3n) is 6.86. The fourth-order valence-corrected chi connectivity index (χ4v) is 4.82. The summed E-state index contributed by atoms with van der Waals surface area (Å²) < 4.78 is 7.49. The van der Waals surface area contributed by atoms with Gasteiger partial charge in [-0.2, -0.15) is 0 Å². The highest BCUT2D eigenvalue weighted by Gasteiger charge is 2.28. The van der Waals surface area contributed by atoms with Crippen LogP contribution in [0.5, 0.6) is 5.75 Å². The molecule has 0 saturated heterocycles. The molecule has 6 nitrogen and oxygen atoms in total. The molecular weight excluding hydrogens is 486 g/mol. The van der Waals surface area contributed by atoms with Crippen molar-refractivity contribution in [3.8, 4) is 11.4 Å². The van der Waals surface area contributed by atoms with E-state index in [0.717, 1.165) is 22.4 Å². The fraction of sp³-hybridized carbons (Fsp3) is 0.182. The van der Waals surface area contributed by atoms with E-state index in [2.05, 4.69) is 0 Å². The predicted molar refractivity (Wildman–Crippen MR) is 154 cm³/mol. The SMILES string of the molecule is Cc1ccc(-n2c(C(C)N(Cc3ccccc3)C(=O)COc3ccccc3)nc3ccccc3c2=O)c(C)c1. The van der Waals surface area contributed by atoms with E-state index in [1.807, 2.05) is 118 Å². The van der Waals surface area contributed by atoms with E-state index in [0.29, 0.717) is 29.0 Å². The van der Waals surface area contributed by atoms with E-state index in [1.165, 1.54) is 0 Å². The Morgan fingerprint density at radius 1 is 0.897 bits per heavy atom. The van der Waals surface area contributed by atoms with Crippen molar-refractivity contribution in [2.45, 2.75) is 33.4 Å². The molecule has 0 saturated carbocycles. The number of carbonyl (C=O) groups is 1. The number of rotatable bonds is 8. The molecule has 1 heterocycles. The van der Waals surface area contributed by atoms with E-state index in [4.69, 9.17) is 9.72 Å². The average Bonchev–Trinajstić information content (AvgIpc) is 2.96. The third-order valence-corrected chi connectivity index (χ3v) is 6.86. The highest BCUT2D eigenvalue weighted by atomic mass is 16.5. The second-order valence-electron chi connectivity index (χ2n) is 9.70.